The molecule has 2 aliphatic rings. The third-order valence-corrected chi connectivity index (χ3v) is 3.33. The first-order valence-electron chi connectivity index (χ1n) is 5.35. The molecule has 2 atom stereocenters. The maximum Gasteiger partial charge on any atom is 0.240 e. The summed E-state index contributed by atoms with van der Waals surface area (Å²) in [5.74, 6) is 0.992. The molecule has 0 spiro atoms. The van der Waals surface area contributed by atoms with Crippen LogP contribution in [-0.4, -0.2) is 48.2 Å². The molecule has 0 radical (unpaired) electrons. The molecule has 0 aliphatic carbocycles. The predicted octanol–water partition coefficient (Wildman–Crippen LogP) is -0.565. The minimum absolute atomic E-state index is 0.0228. The second kappa shape index (κ2) is 3.87. The van der Waals surface area contributed by atoms with E-state index in [1.54, 1.807) is 0 Å². The summed E-state index contributed by atoms with van der Waals surface area (Å²) < 4.78 is 0. The number of aliphatic hydroxyl groups is 1. The molecule has 2 unspecified atom stereocenters. The lowest BCUT2D eigenvalue weighted by Crippen LogP contribution is -2.57. The van der Waals surface area contributed by atoms with Crippen molar-refractivity contribution in [3.63, 3.8) is 0 Å². The van der Waals surface area contributed by atoms with Gasteiger partial charge >= 0.3 is 0 Å². The van der Waals surface area contributed by atoms with Crippen LogP contribution in [0.1, 0.15) is 13.3 Å². The first kappa shape index (κ1) is 9.93. The van der Waals surface area contributed by atoms with Gasteiger partial charge in [-0.25, -0.2) is 0 Å². The van der Waals surface area contributed by atoms with E-state index in [2.05, 4.69) is 12.2 Å². The number of hydrogen-bond donors (Lipinski definition) is 2. The van der Waals surface area contributed by atoms with Gasteiger partial charge in [-0.1, -0.05) is 6.92 Å². The number of nitrogens with one attached hydrogen (secondary N) is 1. The quantitative estimate of drug-likeness (QED) is 0.625. The van der Waals surface area contributed by atoms with Gasteiger partial charge in [-0.05, 0) is 18.9 Å². The topological polar surface area (TPSA) is 52.6 Å². The molecule has 4 nitrogen and oxygen atoms in total. The van der Waals surface area contributed by atoms with Gasteiger partial charge in [-0.3, -0.25) is 4.79 Å². The molecule has 2 N–H and O–H groups in total. The second-order valence-electron chi connectivity index (χ2n) is 4.49. The Morgan fingerprint density at radius 2 is 2.29 bits per heavy atom. The van der Waals surface area contributed by atoms with E-state index in [0.29, 0.717) is 11.8 Å². The van der Waals surface area contributed by atoms with Gasteiger partial charge in [0.15, 0.2) is 0 Å². The van der Waals surface area contributed by atoms with Crippen LogP contribution in [0.15, 0.2) is 0 Å². The molecule has 0 aromatic heterocycles. The predicted molar refractivity (Wildman–Crippen MR) is 52.7 cm³/mol. The van der Waals surface area contributed by atoms with Crippen molar-refractivity contribution in [1.29, 1.82) is 0 Å². The van der Waals surface area contributed by atoms with Crippen LogP contribution in [0, 0.1) is 11.8 Å². The fourth-order valence-corrected chi connectivity index (χ4v) is 2.23. The average molecular weight is 198 g/mol. The van der Waals surface area contributed by atoms with Crippen molar-refractivity contribution in [1.82, 2.24) is 10.2 Å². The van der Waals surface area contributed by atoms with Crippen LogP contribution < -0.4 is 5.32 Å². The van der Waals surface area contributed by atoms with E-state index in [4.69, 9.17) is 5.11 Å². The molecule has 2 fully saturated rings. The first-order chi connectivity index (χ1) is 6.72. The van der Waals surface area contributed by atoms with Crippen LogP contribution >= 0.6 is 0 Å². The smallest absolute Gasteiger partial charge is 0.240 e. The number of rotatable bonds is 2. The molecule has 1 amide bonds. The maximum absolute atomic E-state index is 11.9. The molecule has 2 heterocycles. The van der Waals surface area contributed by atoms with Crippen molar-refractivity contribution in [2.75, 3.05) is 26.2 Å². The summed E-state index contributed by atoms with van der Waals surface area (Å²) in [4.78, 5) is 13.7. The largest absolute Gasteiger partial charge is 0.396 e. The fourth-order valence-electron chi connectivity index (χ4n) is 2.23. The zero-order valence-electron chi connectivity index (χ0n) is 8.57. The van der Waals surface area contributed by atoms with Crippen molar-refractivity contribution in [3.8, 4) is 0 Å². The number of carbonyl (C=O) groups excluding carboxylic acids is 1. The summed E-state index contributed by atoms with van der Waals surface area (Å²) in [5, 5.41) is 12.1. The molecule has 80 valence electrons. The van der Waals surface area contributed by atoms with Gasteiger partial charge in [0.1, 0.15) is 0 Å². The monoisotopic (exact) mass is 198 g/mol. The van der Waals surface area contributed by atoms with Gasteiger partial charge in [0, 0.05) is 25.6 Å². The van der Waals surface area contributed by atoms with Crippen molar-refractivity contribution in [3.05, 3.63) is 0 Å². The number of hydrogen-bond acceptors (Lipinski definition) is 3. The van der Waals surface area contributed by atoms with E-state index >= 15 is 0 Å². The highest BCUT2D eigenvalue weighted by atomic mass is 16.3. The van der Waals surface area contributed by atoms with Gasteiger partial charge in [-0.2, -0.15) is 0 Å². The zero-order chi connectivity index (χ0) is 10.1. The standard InChI is InChI=1S/C10H18N2O2/c1-7-2-3-11-9(7)10(14)12-4-8(5-12)6-13/h7-9,11,13H,2-6H2,1H3. The van der Waals surface area contributed by atoms with E-state index in [-0.39, 0.29) is 18.6 Å². The Kier molecular flexibility index (Phi) is 2.74. The molecule has 0 bridgehead atoms. The maximum atomic E-state index is 11.9. The molecular formula is C10H18N2O2. The molecule has 4 heteroatoms. The van der Waals surface area contributed by atoms with Crippen LogP contribution in [0.5, 0.6) is 0 Å². The van der Waals surface area contributed by atoms with Crippen molar-refractivity contribution in [2.24, 2.45) is 11.8 Å². The Morgan fingerprint density at radius 3 is 2.79 bits per heavy atom. The van der Waals surface area contributed by atoms with Gasteiger partial charge < -0.3 is 15.3 Å². The minimum Gasteiger partial charge on any atom is -0.396 e. The molecular weight excluding hydrogens is 180 g/mol. The third kappa shape index (κ3) is 1.64. The zero-order valence-corrected chi connectivity index (χ0v) is 8.57. The number of aliphatic hydroxyl groups excluding tert-OH is 1. The number of likely N-dealkylation sites (tertiary alicyclic amines) is 1. The van der Waals surface area contributed by atoms with E-state index in [1.165, 1.54) is 0 Å². The molecule has 0 aromatic rings. The van der Waals surface area contributed by atoms with Crippen LogP contribution in [0.2, 0.25) is 0 Å². The Balaban J connectivity index is 1.84. The molecule has 0 saturated carbocycles. The first-order valence-corrected chi connectivity index (χ1v) is 5.35. The Bertz CT molecular complexity index is 226. The molecule has 2 rings (SSSR count). The highest BCUT2D eigenvalue weighted by molar-refractivity contribution is 5.83. The number of carbonyl (C=O) groups is 1. The van der Waals surface area contributed by atoms with E-state index in [0.717, 1.165) is 26.1 Å². The highest BCUT2D eigenvalue weighted by Crippen LogP contribution is 2.21. The van der Waals surface area contributed by atoms with E-state index in [9.17, 15) is 4.79 Å². The molecule has 2 aliphatic heterocycles. The SMILES string of the molecule is CC1CCNC1C(=O)N1CC(CO)C1. The fraction of sp³-hybridized carbons (Fsp3) is 0.900. The summed E-state index contributed by atoms with van der Waals surface area (Å²) in [6, 6.07) is 0.0228. The summed E-state index contributed by atoms with van der Waals surface area (Å²) in [5.41, 5.74) is 0. The Hall–Kier alpha value is -0.610. The van der Waals surface area contributed by atoms with Crippen molar-refractivity contribution < 1.29 is 9.90 Å². The molecule has 14 heavy (non-hydrogen) atoms. The summed E-state index contributed by atoms with van der Waals surface area (Å²) in [7, 11) is 0. The van der Waals surface area contributed by atoms with Crippen LogP contribution in [-0.2, 0) is 4.79 Å². The highest BCUT2D eigenvalue weighted by Gasteiger charge is 2.37. The summed E-state index contributed by atoms with van der Waals surface area (Å²) in [6.07, 6.45) is 1.09. The normalized spacial score (nSPS) is 33.1. The Morgan fingerprint density at radius 1 is 1.57 bits per heavy atom. The lowest BCUT2D eigenvalue weighted by atomic mass is 9.96. The van der Waals surface area contributed by atoms with Gasteiger partial charge in [-0.15, -0.1) is 0 Å². The minimum atomic E-state index is 0.0228. The lowest BCUT2D eigenvalue weighted by molar-refractivity contribution is -0.141. The average Bonchev–Trinajstić information content (AvgIpc) is 2.49. The summed E-state index contributed by atoms with van der Waals surface area (Å²) in [6.45, 7) is 4.75. The van der Waals surface area contributed by atoms with Crippen LogP contribution in [0.4, 0.5) is 0 Å². The van der Waals surface area contributed by atoms with Crippen LogP contribution in [0.25, 0.3) is 0 Å². The lowest BCUT2D eigenvalue weighted by Gasteiger charge is -2.40. The number of amides is 1. The second-order valence-corrected chi connectivity index (χ2v) is 4.49. The summed E-state index contributed by atoms with van der Waals surface area (Å²) >= 11 is 0. The third-order valence-electron chi connectivity index (χ3n) is 3.33. The van der Waals surface area contributed by atoms with Gasteiger partial charge in [0.05, 0.1) is 6.04 Å². The Labute approximate surface area is 84.3 Å². The van der Waals surface area contributed by atoms with Crippen molar-refractivity contribution >= 4 is 5.91 Å². The molecule has 2 saturated heterocycles. The van der Waals surface area contributed by atoms with Crippen LogP contribution in [0.3, 0.4) is 0 Å². The van der Waals surface area contributed by atoms with E-state index < -0.39 is 0 Å². The molecule has 0 aromatic carbocycles. The van der Waals surface area contributed by atoms with Gasteiger partial charge in [0.2, 0.25) is 5.91 Å². The van der Waals surface area contributed by atoms with E-state index in [1.807, 2.05) is 4.90 Å². The van der Waals surface area contributed by atoms with Gasteiger partial charge in [0.25, 0.3) is 0 Å². The van der Waals surface area contributed by atoms with Crippen molar-refractivity contribution in [2.45, 2.75) is 19.4 Å². The number of nitrogens with zero attached hydrogens (tertiary/aromatic N) is 1.